The summed E-state index contributed by atoms with van der Waals surface area (Å²) in [5, 5.41) is 5.62. The molecule has 2 aromatic carbocycles. The Morgan fingerprint density at radius 3 is 2.33 bits per heavy atom. The molecule has 0 fully saturated rings. The predicted octanol–water partition coefficient (Wildman–Crippen LogP) is 5.67. The lowest BCUT2D eigenvalue weighted by Crippen LogP contribution is -2.20. The van der Waals surface area contributed by atoms with Gasteiger partial charge in [0, 0.05) is 22.3 Å². The Labute approximate surface area is 176 Å². The normalized spacial score (nSPS) is 10.4. The highest BCUT2D eigenvalue weighted by Crippen LogP contribution is 2.32. The quantitative estimate of drug-likeness (QED) is 0.494. The van der Waals surface area contributed by atoms with E-state index < -0.39 is 0 Å². The van der Waals surface area contributed by atoms with Crippen LogP contribution < -0.4 is 15.4 Å². The van der Waals surface area contributed by atoms with E-state index >= 15 is 0 Å². The highest BCUT2D eigenvalue weighted by Gasteiger charge is 2.10. The Hall–Kier alpha value is -1.86. The smallest absolute Gasteiger partial charge is 0.262 e. The molecule has 2 N–H and O–H groups in total. The molecule has 7 heteroatoms. The summed E-state index contributed by atoms with van der Waals surface area (Å²) in [6.07, 6.45) is 2.31. The molecule has 2 aromatic rings. The van der Waals surface area contributed by atoms with Gasteiger partial charge in [-0.1, -0.05) is 35.3 Å². The molecule has 0 aromatic heterocycles. The van der Waals surface area contributed by atoms with Crippen molar-refractivity contribution in [3.63, 3.8) is 0 Å². The Morgan fingerprint density at radius 2 is 1.70 bits per heavy atom. The number of hydrogen-bond acceptors (Lipinski definition) is 3. The van der Waals surface area contributed by atoms with Crippen molar-refractivity contribution in [3.8, 4) is 5.75 Å². The minimum atomic E-state index is -0.279. The van der Waals surface area contributed by atoms with E-state index in [1.807, 2.05) is 26.0 Å². The SMILES string of the molecule is CCCCC(=O)Nc1cccc(NC(=O)COc2c(C)cc(Br)cc2Br)c1. The third-order valence-electron chi connectivity index (χ3n) is 3.73. The van der Waals surface area contributed by atoms with Crippen molar-refractivity contribution in [2.75, 3.05) is 17.2 Å². The largest absolute Gasteiger partial charge is 0.482 e. The third kappa shape index (κ3) is 6.99. The molecular formula is C20H22Br2N2O3. The number of aryl methyl sites for hydroxylation is 1. The summed E-state index contributed by atoms with van der Waals surface area (Å²) >= 11 is 6.85. The van der Waals surface area contributed by atoms with Crippen molar-refractivity contribution in [2.45, 2.75) is 33.1 Å². The second-order valence-corrected chi connectivity index (χ2v) is 7.87. The van der Waals surface area contributed by atoms with Crippen LogP contribution >= 0.6 is 31.9 Å². The van der Waals surface area contributed by atoms with Crippen molar-refractivity contribution in [1.82, 2.24) is 0 Å². The predicted molar refractivity (Wildman–Crippen MR) is 115 cm³/mol. The molecule has 0 atom stereocenters. The average Bonchev–Trinajstić information content (AvgIpc) is 2.59. The maximum absolute atomic E-state index is 12.2. The first kappa shape index (κ1) is 21.4. The lowest BCUT2D eigenvalue weighted by molar-refractivity contribution is -0.118. The fraction of sp³-hybridized carbons (Fsp3) is 0.300. The molecule has 2 amide bonds. The minimum absolute atomic E-state index is 0.0285. The van der Waals surface area contributed by atoms with Crippen LogP contribution in [0.25, 0.3) is 0 Å². The molecule has 144 valence electrons. The summed E-state index contributed by atoms with van der Waals surface area (Å²) in [5.74, 6) is 0.322. The van der Waals surface area contributed by atoms with Gasteiger partial charge in [-0.25, -0.2) is 0 Å². The summed E-state index contributed by atoms with van der Waals surface area (Å²) in [7, 11) is 0. The van der Waals surface area contributed by atoms with Crippen LogP contribution in [-0.2, 0) is 9.59 Å². The van der Waals surface area contributed by atoms with Crippen LogP contribution in [-0.4, -0.2) is 18.4 Å². The number of rotatable bonds is 8. The molecule has 0 saturated carbocycles. The molecule has 0 radical (unpaired) electrons. The molecule has 0 aliphatic carbocycles. The van der Waals surface area contributed by atoms with Gasteiger partial charge in [0.2, 0.25) is 5.91 Å². The molecule has 0 heterocycles. The van der Waals surface area contributed by atoms with Gasteiger partial charge in [0.15, 0.2) is 6.61 Å². The lowest BCUT2D eigenvalue weighted by Gasteiger charge is -2.12. The number of halogens is 2. The van der Waals surface area contributed by atoms with Crippen LogP contribution in [0.5, 0.6) is 5.75 Å². The van der Waals surface area contributed by atoms with Gasteiger partial charge in [0.25, 0.3) is 5.91 Å². The lowest BCUT2D eigenvalue weighted by atomic mass is 10.2. The van der Waals surface area contributed by atoms with Crippen molar-refractivity contribution >= 4 is 55.0 Å². The fourth-order valence-corrected chi connectivity index (χ4v) is 4.00. The first-order valence-electron chi connectivity index (χ1n) is 8.67. The average molecular weight is 498 g/mol. The number of amides is 2. The standard InChI is InChI=1S/C20H22Br2N2O3/c1-3-4-8-18(25)23-15-6-5-7-16(11-15)24-19(26)12-27-20-13(2)9-14(21)10-17(20)22/h5-7,9-11H,3-4,8,12H2,1-2H3,(H,23,25)(H,24,26). The van der Waals surface area contributed by atoms with Crippen molar-refractivity contribution in [3.05, 3.63) is 50.9 Å². The van der Waals surface area contributed by atoms with Gasteiger partial charge in [0.05, 0.1) is 4.47 Å². The Bertz CT molecular complexity index is 802. The molecule has 0 bridgehead atoms. The fourth-order valence-electron chi connectivity index (χ4n) is 2.44. The monoisotopic (exact) mass is 496 g/mol. The summed E-state index contributed by atoms with van der Waals surface area (Å²) in [4.78, 5) is 24.0. The van der Waals surface area contributed by atoms with E-state index in [4.69, 9.17) is 4.74 Å². The number of ether oxygens (including phenoxy) is 1. The number of carbonyl (C=O) groups excluding carboxylic acids is 2. The van der Waals surface area contributed by atoms with Gasteiger partial charge in [-0.2, -0.15) is 0 Å². The van der Waals surface area contributed by atoms with E-state index in [0.717, 1.165) is 27.4 Å². The van der Waals surface area contributed by atoms with E-state index in [1.54, 1.807) is 24.3 Å². The Kier molecular flexibility index (Phi) is 8.31. The molecular weight excluding hydrogens is 476 g/mol. The van der Waals surface area contributed by atoms with Gasteiger partial charge >= 0.3 is 0 Å². The number of anilines is 2. The molecule has 5 nitrogen and oxygen atoms in total. The van der Waals surface area contributed by atoms with E-state index in [0.29, 0.717) is 23.5 Å². The van der Waals surface area contributed by atoms with Crippen molar-refractivity contribution < 1.29 is 14.3 Å². The van der Waals surface area contributed by atoms with Crippen LogP contribution in [0.15, 0.2) is 45.3 Å². The van der Waals surface area contributed by atoms with Gasteiger partial charge in [-0.3, -0.25) is 9.59 Å². The first-order chi connectivity index (χ1) is 12.9. The van der Waals surface area contributed by atoms with Crippen LogP contribution in [0.4, 0.5) is 11.4 Å². The van der Waals surface area contributed by atoms with Crippen LogP contribution in [0.3, 0.4) is 0 Å². The molecule has 0 aliphatic rings. The highest BCUT2D eigenvalue weighted by atomic mass is 79.9. The minimum Gasteiger partial charge on any atom is -0.482 e. The maximum Gasteiger partial charge on any atom is 0.262 e. The number of hydrogen-bond donors (Lipinski definition) is 2. The zero-order valence-corrected chi connectivity index (χ0v) is 18.4. The molecule has 0 aliphatic heterocycles. The summed E-state index contributed by atoms with van der Waals surface area (Å²) < 4.78 is 7.35. The Morgan fingerprint density at radius 1 is 1.04 bits per heavy atom. The second kappa shape index (κ2) is 10.5. The molecule has 2 rings (SSSR count). The summed E-state index contributed by atoms with van der Waals surface area (Å²) in [5.41, 5.74) is 2.17. The number of carbonyl (C=O) groups is 2. The van der Waals surface area contributed by atoms with Crippen LogP contribution in [0.2, 0.25) is 0 Å². The van der Waals surface area contributed by atoms with Crippen LogP contribution in [0, 0.1) is 6.92 Å². The number of benzene rings is 2. The number of nitrogens with one attached hydrogen (secondary N) is 2. The number of unbranched alkanes of at least 4 members (excludes halogenated alkanes) is 1. The van der Waals surface area contributed by atoms with Crippen molar-refractivity contribution in [1.29, 1.82) is 0 Å². The van der Waals surface area contributed by atoms with Gasteiger partial charge in [0.1, 0.15) is 5.75 Å². The molecule has 0 saturated heterocycles. The Balaban J connectivity index is 1.92. The molecule has 0 unspecified atom stereocenters. The maximum atomic E-state index is 12.2. The molecule has 27 heavy (non-hydrogen) atoms. The van der Waals surface area contributed by atoms with E-state index in [2.05, 4.69) is 42.5 Å². The first-order valence-corrected chi connectivity index (χ1v) is 10.3. The summed E-state index contributed by atoms with van der Waals surface area (Å²) in [6, 6.07) is 10.8. The van der Waals surface area contributed by atoms with Crippen molar-refractivity contribution in [2.24, 2.45) is 0 Å². The van der Waals surface area contributed by atoms with E-state index in [1.165, 1.54) is 0 Å². The topological polar surface area (TPSA) is 67.4 Å². The van der Waals surface area contributed by atoms with E-state index in [-0.39, 0.29) is 18.4 Å². The second-order valence-electron chi connectivity index (χ2n) is 6.10. The van der Waals surface area contributed by atoms with Crippen LogP contribution in [0.1, 0.15) is 31.7 Å². The third-order valence-corrected chi connectivity index (χ3v) is 4.78. The van der Waals surface area contributed by atoms with Gasteiger partial charge in [-0.05, 0) is 65.2 Å². The zero-order chi connectivity index (χ0) is 19.8. The van der Waals surface area contributed by atoms with E-state index in [9.17, 15) is 9.59 Å². The van der Waals surface area contributed by atoms with Gasteiger partial charge in [-0.15, -0.1) is 0 Å². The highest BCUT2D eigenvalue weighted by molar-refractivity contribution is 9.11. The zero-order valence-electron chi connectivity index (χ0n) is 15.3. The molecule has 0 spiro atoms. The van der Waals surface area contributed by atoms with Gasteiger partial charge < -0.3 is 15.4 Å². The summed E-state index contributed by atoms with van der Waals surface area (Å²) in [6.45, 7) is 3.83.